The van der Waals surface area contributed by atoms with Gasteiger partial charge in [-0.1, -0.05) is 29.8 Å². The zero-order chi connectivity index (χ0) is 20.1. The number of aromatic nitrogens is 1. The molecule has 28 heavy (non-hydrogen) atoms. The smallest absolute Gasteiger partial charge is 0.251 e. The van der Waals surface area contributed by atoms with Gasteiger partial charge in [-0.3, -0.25) is 9.78 Å². The summed E-state index contributed by atoms with van der Waals surface area (Å²) < 4.78 is 13.8. The summed E-state index contributed by atoms with van der Waals surface area (Å²) in [5.41, 5.74) is 2.85. The summed E-state index contributed by atoms with van der Waals surface area (Å²) in [6.07, 6.45) is 1.77. The lowest BCUT2D eigenvalue weighted by Gasteiger charge is -2.18. The molecule has 0 aliphatic rings. The van der Waals surface area contributed by atoms with Crippen LogP contribution in [0.25, 0.3) is 0 Å². The number of nitrogens with one attached hydrogen (secondary N) is 1. The van der Waals surface area contributed by atoms with E-state index in [1.54, 1.807) is 24.4 Å². The van der Waals surface area contributed by atoms with Crippen molar-refractivity contribution in [3.8, 4) is 6.07 Å². The molecule has 0 spiro atoms. The van der Waals surface area contributed by atoms with Crippen molar-refractivity contribution in [3.63, 3.8) is 0 Å². The second-order valence-electron chi connectivity index (χ2n) is 6.38. The average Bonchev–Trinajstić information content (AvgIpc) is 2.70. The lowest BCUT2D eigenvalue weighted by Crippen LogP contribution is -2.29. The fraction of sp³-hybridized carbons (Fsp3) is 0.136. The van der Waals surface area contributed by atoms with Crippen LogP contribution in [0, 0.1) is 24.1 Å². The summed E-state index contributed by atoms with van der Waals surface area (Å²) in [5.74, 6) is -1.33. The summed E-state index contributed by atoms with van der Waals surface area (Å²) in [6.45, 7) is 2.23. The Hall–Kier alpha value is -3.23. The van der Waals surface area contributed by atoms with E-state index in [0.29, 0.717) is 5.02 Å². The quantitative estimate of drug-likeness (QED) is 0.688. The van der Waals surface area contributed by atoms with Crippen molar-refractivity contribution in [1.29, 1.82) is 5.26 Å². The molecule has 0 aliphatic heterocycles. The zero-order valence-electron chi connectivity index (χ0n) is 15.1. The van der Waals surface area contributed by atoms with Crippen molar-refractivity contribution in [1.82, 2.24) is 10.3 Å². The monoisotopic (exact) mass is 393 g/mol. The minimum absolute atomic E-state index is 0.0977. The van der Waals surface area contributed by atoms with Crippen LogP contribution in [0.15, 0.2) is 60.8 Å². The molecule has 3 rings (SSSR count). The molecule has 0 aliphatic carbocycles. The number of hydrogen-bond acceptors (Lipinski definition) is 3. The van der Waals surface area contributed by atoms with E-state index in [-0.39, 0.29) is 23.6 Å². The topological polar surface area (TPSA) is 65.8 Å². The second-order valence-corrected chi connectivity index (χ2v) is 6.82. The number of rotatable bonds is 5. The van der Waals surface area contributed by atoms with E-state index in [4.69, 9.17) is 16.9 Å². The molecule has 1 N–H and O–H groups in total. The molecular weight excluding hydrogens is 377 g/mol. The van der Waals surface area contributed by atoms with Gasteiger partial charge in [-0.2, -0.15) is 5.26 Å². The van der Waals surface area contributed by atoms with Crippen LogP contribution in [0.1, 0.15) is 38.7 Å². The standard InChI is InChI=1S/C22H17ClFN3O/c1-14-2-9-21(26-12-14)19(15-5-7-18(23)8-6-15)13-27-22(28)16-3-4-17(11-25)20(24)10-16/h2-10,12,19H,13H2,1H3,(H,27,28). The third kappa shape index (κ3) is 4.54. The van der Waals surface area contributed by atoms with Gasteiger partial charge in [0, 0.05) is 34.9 Å². The largest absolute Gasteiger partial charge is 0.351 e. The number of pyridine rings is 1. The summed E-state index contributed by atoms with van der Waals surface area (Å²) in [6, 6.07) is 16.8. The van der Waals surface area contributed by atoms with Crippen molar-refractivity contribution < 1.29 is 9.18 Å². The Morgan fingerprint density at radius 2 is 1.96 bits per heavy atom. The third-order valence-corrected chi connectivity index (χ3v) is 4.63. The first-order valence-electron chi connectivity index (χ1n) is 8.64. The van der Waals surface area contributed by atoms with Crippen molar-refractivity contribution in [2.24, 2.45) is 0 Å². The number of benzene rings is 2. The number of nitrogens with zero attached hydrogens (tertiary/aromatic N) is 2. The maximum Gasteiger partial charge on any atom is 0.251 e. The van der Waals surface area contributed by atoms with Crippen LogP contribution in [0.2, 0.25) is 5.02 Å². The van der Waals surface area contributed by atoms with E-state index in [9.17, 15) is 9.18 Å². The molecule has 0 fully saturated rings. The Balaban J connectivity index is 1.82. The third-order valence-electron chi connectivity index (χ3n) is 4.38. The highest BCUT2D eigenvalue weighted by Crippen LogP contribution is 2.24. The molecule has 1 amide bonds. The van der Waals surface area contributed by atoms with Gasteiger partial charge in [-0.25, -0.2) is 4.39 Å². The maximum atomic E-state index is 13.8. The van der Waals surface area contributed by atoms with Gasteiger partial charge in [0.2, 0.25) is 0 Å². The summed E-state index contributed by atoms with van der Waals surface area (Å²) >= 11 is 5.99. The Bertz CT molecular complexity index is 982. The van der Waals surface area contributed by atoms with E-state index in [1.807, 2.05) is 31.2 Å². The first-order chi connectivity index (χ1) is 13.5. The number of carbonyl (C=O) groups excluding carboxylic acids is 1. The van der Waals surface area contributed by atoms with Gasteiger partial charge >= 0.3 is 0 Å². The molecular formula is C22H17ClFN3O. The van der Waals surface area contributed by atoms with E-state index >= 15 is 0 Å². The van der Waals surface area contributed by atoms with Gasteiger partial charge in [0.15, 0.2) is 0 Å². The van der Waals surface area contributed by atoms with Gasteiger partial charge in [0.25, 0.3) is 5.91 Å². The molecule has 0 radical (unpaired) electrons. The molecule has 2 aromatic carbocycles. The number of hydrogen-bond donors (Lipinski definition) is 1. The highest BCUT2D eigenvalue weighted by molar-refractivity contribution is 6.30. The summed E-state index contributed by atoms with van der Waals surface area (Å²) in [4.78, 5) is 17.0. The molecule has 1 atom stereocenters. The minimum atomic E-state index is -0.718. The molecule has 3 aromatic rings. The van der Waals surface area contributed by atoms with Gasteiger partial charge < -0.3 is 5.32 Å². The number of nitriles is 1. The van der Waals surface area contributed by atoms with E-state index in [2.05, 4.69) is 10.3 Å². The molecule has 0 saturated heterocycles. The molecule has 1 unspecified atom stereocenters. The Labute approximate surface area is 167 Å². The van der Waals surface area contributed by atoms with Crippen LogP contribution >= 0.6 is 11.6 Å². The van der Waals surface area contributed by atoms with Crippen molar-refractivity contribution in [3.05, 3.63) is 99.6 Å². The van der Waals surface area contributed by atoms with Gasteiger partial charge in [-0.15, -0.1) is 0 Å². The molecule has 140 valence electrons. The second kappa shape index (κ2) is 8.64. The van der Waals surface area contributed by atoms with E-state index in [1.165, 1.54) is 12.1 Å². The molecule has 1 heterocycles. The molecule has 0 bridgehead atoms. The van der Waals surface area contributed by atoms with Crippen LogP contribution < -0.4 is 5.32 Å². The predicted molar refractivity (Wildman–Crippen MR) is 106 cm³/mol. The fourth-order valence-corrected chi connectivity index (χ4v) is 2.94. The first-order valence-corrected chi connectivity index (χ1v) is 9.01. The number of aryl methyl sites for hydroxylation is 1. The lowest BCUT2D eigenvalue weighted by molar-refractivity contribution is 0.0952. The Morgan fingerprint density at radius 3 is 2.57 bits per heavy atom. The molecule has 0 saturated carbocycles. The zero-order valence-corrected chi connectivity index (χ0v) is 15.9. The SMILES string of the molecule is Cc1ccc(C(CNC(=O)c2ccc(C#N)c(F)c2)c2ccc(Cl)cc2)nc1. The number of halogens is 2. The van der Waals surface area contributed by atoms with E-state index in [0.717, 1.165) is 22.9 Å². The summed E-state index contributed by atoms with van der Waals surface area (Å²) in [5, 5.41) is 12.3. The van der Waals surface area contributed by atoms with Crippen LogP contribution in [0.4, 0.5) is 4.39 Å². The number of amides is 1. The first kappa shape index (κ1) is 19.5. The van der Waals surface area contributed by atoms with Crippen molar-refractivity contribution in [2.45, 2.75) is 12.8 Å². The van der Waals surface area contributed by atoms with E-state index < -0.39 is 11.7 Å². The van der Waals surface area contributed by atoms with Crippen molar-refractivity contribution >= 4 is 17.5 Å². The molecule has 1 aromatic heterocycles. The molecule has 4 nitrogen and oxygen atoms in total. The Kier molecular flexibility index (Phi) is 6.03. The van der Waals surface area contributed by atoms with Gasteiger partial charge in [-0.05, 0) is 54.4 Å². The highest BCUT2D eigenvalue weighted by Gasteiger charge is 2.18. The molecule has 6 heteroatoms. The maximum absolute atomic E-state index is 13.8. The van der Waals surface area contributed by atoms with Crippen LogP contribution in [-0.2, 0) is 0 Å². The van der Waals surface area contributed by atoms with Gasteiger partial charge in [0.1, 0.15) is 11.9 Å². The Morgan fingerprint density at radius 1 is 1.21 bits per heavy atom. The lowest BCUT2D eigenvalue weighted by atomic mass is 9.94. The predicted octanol–water partition coefficient (Wildman–Crippen LogP) is 4.62. The van der Waals surface area contributed by atoms with Crippen LogP contribution in [0.5, 0.6) is 0 Å². The summed E-state index contributed by atoms with van der Waals surface area (Å²) in [7, 11) is 0. The minimum Gasteiger partial charge on any atom is -0.351 e. The van der Waals surface area contributed by atoms with Crippen LogP contribution in [0.3, 0.4) is 0 Å². The number of carbonyl (C=O) groups is 1. The van der Waals surface area contributed by atoms with Crippen molar-refractivity contribution in [2.75, 3.05) is 6.54 Å². The van der Waals surface area contributed by atoms with Crippen LogP contribution in [-0.4, -0.2) is 17.4 Å². The normalized spacial score (nSPS) is 11.5. The average molecular weight is 394 g/mol. The fourth-order valence-electron chi connectivity index (χ4n) is 2.82. The van der Waals surface area contributed by atoms with Gasteiger partial charge in [0.05, 0.1) is 5.56 Å². The highest BCUT2D eigenvalue weighted by atomic mass is 35.5.